The maximum absolute atomic E-state index is 12.2. The quantitative estimate of drug-likeness (QED) is 0.629. The molecule has 1 saturated carbocycles. The average molecular weight is 293 g/mol. The third-order valence-corrected chi connectivity index (χ3v) is 4.80. The van der Waals surface area contributed by atoms with E-state index in [9.17, 15) is 14.4 Å². The second-order valence-electron chi connectivity index (χ2n) is 6.31. The van der Waals surface area contributed by atoms with Crippen molar-refractivity contribution < 1.29 is 14.4 Å². The fourth-order valence-corrected chi connectivity index (χ4v) is 3.67. The number of amides is 4. The van der Waals surface area contributed by atoms with Gasteiger partial charge in [-0.1, -0.05) is 25.7 Å². The van der Waals surface area contributed by atoms with Crippen molar-refractivity contribution in [1.82, 2.24) is 15.1 Å². The molecule has 0 spiro atoms. The number of hydrogen-bond acceptors (Lipinski definition) is 3. The van der Waals surface area contributed by atoms with Gasteiger partial charge >= 0.3 is 6.03 Å². The molecule has 1 atom stereocenters. The number of nitrogens with zero attached hydrogens (tertiary/aromatic N) is 2. The largest absolute Gasteiger partial charge is 0.352 e. The topological polar surface area (TPSA) is 69.7 Å². The molecule has 3 rings (SSSR count). The molecule has 0 bridgehead atoms. The van der Waals surface area contributed by atoms with Gasteiger partial charge in [0.2, 0.25) is 5.91 Å². The summed E-state index contributed by atoms with van der Waals surface area (Å²) in [5, 5.41) is 2.99. The van der Waals surface area contributed by atoms with Crippen LogP contribution < -0.4 is 5.32 Å². The molecular weight excluding hydrogens is 270 g/mol. The average Bonchev–Trinajstić information content (AvgIpc) is 2.91. The lowest BCUT2D eigenvalue weighted by Crippen LogP contribution is -2.44. The summed E-state index contributed by atoms with van der Waals surface area (Å²) in [6, 6.07) is -0.408. The van der Waals surface area contributed by atoms with E-state index in [1.165, 1.54) is 12.8 Å². The van der Waals surface area contributed by atoms with Gasteiger partial charge in [-0.25, -0.2) is 4.79 Å². The Morgan fingerprint density at radius 2 is 1.76 bits per heavy atom. The van der Waals surface area contributed by atoms with Crippen molar-refractivity contribution in [3.63, 3.8) is 0 Å². The molecule has 0 unspecified atom stereocenters. The molecule has 0 aromatic rings. The van der Waals surface area contributed by atoms with Crippen LogP contribution in [0.25, 0.3) is 0 Å². The van der Waals surface area contributed by atoms with E-state index in [0.29, 0.717) is 6.54 Å². The van der Waals surface area contributed by atoms with E-state index < -0.39 is 0 Å². The van der Waals surface area contributed by atoms with Crippen molar-refractivity contribution in [2.75, 3.05) is 13.1 Å². The molecule has 0 aromatic heterocycles. The first-order valence-corrected chi connectivity index (χ1v) is 8.08. The lowest BCUT2D eigenvalue weighted by atomic mass is 10.1. The Bertz CT molecular complexity index is 421. The standard InChI is InChI=1S/C15H23N3O3/c19-13(16-11-6-3-1-2-4-7-11)10-18-14(20)12-8-5-9-17(12)15(18)21/h11-12H,1-10H2,(H,16,19)/t12-/m0/s1. The molecule has 2 saturated heterocycles. The molecule has 21 heavy (non-hydrogen) atoms. The number of carbonyl (C=O) groups excluding carboxylic acids is 3. The van der Waals surface area contributed by atoms with Crippen molar-refractivity contribution in [1.29, 1.82) is 0 Å². The van der Waals surface area contributed by atoms with Gasteiger partial charge in [0.15, 0.2) is 0 Å². The highest BCUT2D eigenvalue weighted by Crippen LogP contribution is 2.27. The zero-order valence-corrected chi connectivity index (χ0v) is 12.3. The van der Waals surface area contributed by atoms with E-state index in [1.54, 1.807) is 4.90 Å². The predicted molar refractivity (Wildman–Crippen MR) is 76.5 cm³/mol. The third-order valence-electron chi connectivity index (χ3n) is 4.80. The molecule has 2 aliphatic heterocycles. The smallest absolute Gasteiger partial charge is 0.327 e. The van der Waals surface area contributed by atoms with E-state index in [0.717, 1.165) is 43.4 Å². The first kappa shape index (κ1) is 14.4. The molecule has 3 aliphatic rings. The second-order valence-corrected chi connectivity index (χ2v) is 6.31. The van der Waals surface area contributed by atoms with Crippen molar-refractivity contribution in [3.8, 4) is 0 Å². The maximum Gasteiger partial charge on any atom is 0.327 e. The molecule has 2 heterocycles. The summed E-state index contributed by atoms with van der Waals surface area (Å²) < 4.78 is 0. The van der Waals surface area contributed by atoms with Gasteiger partial charge in [0.1, 0.15) is 12.6 Å². The number of urea groups is 1. The Balaban J connectivity index is 1.55. The highest BCUT2D eigenvalue weighted by Gasteiger charge is 2.47. The number of hydrogen-bond donors (Lipinski definition) is 1. The Morgan fingerprint density at radius 1 is 1.05 bits per heavy atom. The minimum absolute atomic E-state index is 0.124. The number of carbonyl (C=O) groups is 3. The van der Waals surface area contributed by atoms with Crippen LogP contribution in [0.4, 0.5) is 4.79 Å². The van der Waals surface area contributed by atoms with Gasteiger partial charge in [0.05, 0.1) is 0 Å². The Morgan fingerprint density at radius 3 is 2.43 bits per heavy atom. The molecule has 1 N–H and O–H groups in total. The molecule has 4 amide bonds. The van der Waals surface area contributed by atoms with E-state index >= 15 is 0 Å². The van der Waals surface area contributed by atoms with E-state index in [4.69, 9.17) is 0 Å². The lowest BCUT2D eigenvalue weighted by Gasteiger charge is -2.19. The van der Waals surface area contributed by atoms with Crippen LogP contribution in [0.1, 0.15) is 51.4 Å². The summed E-state index contributed by atoms with van der Waals surface area (Å²) in [5.41, 5.74) is 0. The lowest BCUT2D eigenvalue weighted by molar-refractivity contribution is -0.132. The highest BCUT2D eigenvalue weighted by molar-refractivity contribution is 6.06. The predicted octanol–water partition coefficient (Wildman–Crippen LogP) is 1.25. The number of nitrogens with one attached hydrogen (secondary N) is 1. The van der Waals surface area contributed by atoms with Gasteiger partial charge in [-0.3, -0.25) is 14.5 Å². The minimum Gasteiger partial charge on any atom is -0.352 e. The first-order chi connectivity index (χ1) is 10.2. The zero-order chi connectivity index (χ0) is 14.8. The normalized spacial score (nSPS) is 27.0. The van der Waals surface area contributed by atoms with Gasteiger partial charge in [0, 0.05) is 12.6 Å². The van der Waals surface area contributed by atoms with E-state index in [1.807, 2.05) is 0 Å². The fraction of sp³-hybridized carbons (Fsp3) is 0.800. The van der Waals surface area contributed by atoms with Gasteiger partial charge in [-0.05, 0) is 25.7 Å². The van der Waals surface area contributed by atoms with Gasteiger partial charge < -0.3 is 10.2 Å². The Labute approximate surface area is 124 Å². The zero-order valence-electron chi connectivity index (χ0n) is 12.3. The van der Waals surface area contributed by atoms with Crippen LogP contribution in [0.2, 0.25) is 0 Å². The fourth-order valence-electron chi connectivity index (χ4n) is 3.67. The van der Waals surface area contributed by atoms with E-state index in [-0.39, 0.29) is 36.5 Å². The number of fused-ring (bicyclic) bond motifs is 1. The molecule has 6 heteroatoms. The van der Waals surface area contributed by atoms with Crippen LogP contribution in [-0.4, -0.2) is 52.8 Å². The monoisotopic (exact) mass is 293 g/mol. The summed E-state index contributed by atoms with van der Waals surface area (Å²) in [5.74, 6) is -0.404. The molecule has 116 valence electrons. The van der Waals surface area contributed by atoms with Crippen LogP contribution >= 0.6 is 0 Å². The van der Waals surface area contributed by atoms with Crippen molar-refractivity contribution in [2.24, 2.45) is 0 Å². The molecule has 0 aromatic carbocycles. The van der Waals surface area contributed by atoms with Crippen LogP contribution in [0, 0.1) is 0 Å². The van der Waals surface area contributed by atoms with Crippen LogP contribution in [-0.2, 0) is 9.59 Å². The molecule has 0 radical (unpaired) electrons. The van der Waals surface area contributed by atoms with Gasteiger partial charge in [-0.15, -0.1) is 0 Å². The van der Waals surface area contributed by atoms with Crippen molar-refractivity contribution >= 4 is 17.8 Å². The van der Waals surface area contributed by atoms with Crippen LogP contribution in [0.15, 0.2) is 0 Å². The van der Waals surface area contributed by atoms with Crippen LogP contribution in [0.5, 0.6) is 0 Å². The molecule has 3 fully saturated rings. The molecular formula is C15H23N3O3. The van der Waals surface area contributed by atoms with E-state index in [2.05, 4.69) is 5.32 Å². The molecule has 6 nitrogen and oxygen atoms in total. The molecule has 1 aliphatic carbocycles. The summed E-state index contributed by atoms with van der Waals surface area (Å²) in [6.45, 7) is 0.511. The SMILES string of the molecule is O=C(CN1C(=O)[C@@H]2CCCN2C1=O)NC1CCCCCC1. The minimum atomic E-state index is -0.316. The summed E-state index contributed by atoms with van der Waals surface area (Å²) in [7, 11) is 0. The summed E-state index contributed by atoms with van der Waals surface area (Å²) in [6.07, 6.45) is 8.35. The second kappa shape index (κ2) is 6.03. The highest BCUT2D eigenvalue weighted by atomic mass is 16.2. The van der Waals surface area contributed by atoms with Crippen LogP contribution in [0.3, 0.4) is 0 Å². The number of imide groups is 1. The summed E-state index contributed by atoms with van der Waals surface area (Å²) in [4.78, 5) is 39.1. The Kier molecular flexibility index (Phi) is 4.12. The maximum atomic E-state index is 12.2. The van der Waals surface area contributed by atoms with Crippen molar-refractivity contribution in [3.05, 3.63) is 0 Å². The Hall–Kier alpha value is -1.59. The third kappa shape index (κ3) is 2.89. The van der Waals surface area contributed by atoms with Gasteiger partial charge in [0.25, 0.3) is 5.91 Å². The number of rotatable bonds is 3. The van der Waals surface area contributed by atoms with Gasteiger partial charge in [-0.2, -0.15) is 0 Å². The van der Waals surface area contributed by atoms with Crippen molar-refractivity contribution in [2.45, 2.75) is 63.5 Å². The summed E-state index contributed by atoms with van der Waals surface area (Å²) >= 11 is 0. The first-order valence-electron chi connectivity index (χ1n) is 8.08.